The minimum Gasteiger partial charge on any atom is -0.349 e. The number of hydrogen-bond donors (Lipinski definition) is 1. The van der Waals surface area contributed by atoms with Gasteiger partial charge in [0, 0.05) is 43.1 Å². The molecule has 1 aliphatic rings. The molecule has 1 aromatic carbocycles. The first kappa shape index (κ1) is 23.8. The second kappa shape index (κ2) is 10.2. The van der Waals surface area contributed by atoms with Crippen molar-refractivity contribution in [3.63, 3.8) is 0 Å². The van der Waals surface area contributed by atoms with Crippen molar-refractivity contribution in [2.45, 2.75) is 38.0 Å². The maximum atomic E-state index is 13.2. The summed E-state index contributed by atoms with van der Waals surface area (Å²) in [6.45, 7) is 3.87. The molecular weight excluding hydrogens is 428 g/mol. The molecule has 1 amide bonds. The van der Waals surface area contributed by atoms with E-state index in [0.29, 0.717) is 13.0 Å². The number of sulfone groups is 1. The quantitative estimate of drug-likeness (QED) is 0.640. The number of carbonyl (C=O) groups is 3. The van der Waals surface area contributed by atoms with Gasteiger partial charge in [0.25, 0.3) is 5.91 Å². The molecule has 0 fully saturated rings. The lowest BCUT2D eigenvalue weighted by Gasteiger charge is -2.22. The summed E-state index contributed by atoms with van der Waals surface area (Å²) < 4.78 is 25.8. The van der Waals surface area contributed by atoms with Crippen molar-refractivity contribution in [3.8, 4) is 0 Å². The molecule has 1 aliphatic heterocycles. The van der Waals surface area contributed by atoms with Crippen LogP contribution in [0.2, 0.25) is 0 Å². The van der Waals surface area contributed by atoms with Gasteiger partial charge >= 0.3 is 0 Å². The lowest BCUT2D eigenvalue weighted by molar-refractivity contribution is -0.141. The second-order valence-corrected chi connectivity index (χ2v) is 10.5. The van der Waals surface area contributed by atoms with Gasteiger partial charge in [0.1, 0.15) is 5.78 Å². The lowest BCUT2D eigenvalue weighted by Crippen LogP contribution is -2.38. The Labute approximate surface area is 188 Å². The zero-order chi connectivity index (χ0) is 23.3. The zero-order valence-electron chi connectivity index (χ0n) is 18.3. The molecule has 32 heavy (non-hydrogen) atoms. The highest BCUT2D eigenvalue weighted by molar-refractivity contribution is 7.91. The summed E-state index contributed by atoms with van der Waals surface area (Å²) >= 11 is 0. The van der Waals surface area contributed by atoms with Gasteiger partial charge in [0.2, 0.25) is 5.78 Å². The molecule has 2 heterocycles. The molecule has 0 aliphatic carbocycles. The van der Waals surface area contributed by atoms with E-state index in [1.165, 1.54) is 12.1 Å². The molecule has 1 N–H and O–H groups in total. The van der Waals surface area contributed by atoms with E-state index in [9.17, 15) is 22.8 Å². The fourth-order valence-electron chi connectivity index (χ4n) is 3.98. The number of aromatic nitrogens is 1. The molecule has 8 heteroatoms. The van der Waals surface area contributed by atoms with Crippen LogP contribution in [-0.2, 0) is 37.1 Å². The van der Waals surface area contributed by atoms with Crippen molar-refractivity contribution in [1.29, 1.82) is 0 Å². The summed E-state index contributed by atoms with van der Waals surface area (Å²) in [6, 6.07) is 11.6. The van der Waals surface area contributed by atoms with Crippen LogP contribution < -0.4 is 5.32 Å². The van der Waals surface area contributed by atoms with Crippen LogP contribution in [0.15, 0.2) is 53.6 Å². The van der Waals surface area contributed by atoms with Crippen molar-refractivity contribution < 1.29 is 22.8 Å². The number of amides is 1. The van der Waals surface area contributed by atoms with Gasteiger partial charge in [-0.2, -0.15) is 0 Å². The number of rotatable bonds is 7. The summed E-state index contributed by atoms with van der Waals surface area (Å²) in [7, 11) is -3.68. The first-order chi connectivity index (χ1) is 15.2. The van der Waals surface area contributed by atoms with Gasteiger partial charge in [-0.3, -0.25) is 19.4 Å². The maximum Gasteiger partial charge on any atom is 0.287 e. The van der Waals surface area contributed by atoms with E-state index in [1.54, 1.807) is 44.3 Å². The molecule has 170 valence electrons. The largest absolute Gasteiger partial charge is 0.349 e. The summed E-state index contributed by atoms with van der Waals surface area (Å²) in [5.74, 6) is -3.90. The van der Waals surface area contributed by atoms with E-state index in [1.807, 2.05) is 6.07 Å². The summed E-state index contributed by atoms with van der Waals surface area (Å²) in [4.78, 5) is 42.8. The van der Waals surface area contributed by atoms with Gasteiger partial charge in [0.15, 0.2) is 9.84 Å². The fraction of sp³-hybridized carbons (Fsp3) is 0.417. The highest BCUT2D eigenvalue weighted by atomic mass is 32.2. The summed E-state index contributed by atoms with van der Waals surface area (Å²) in [5.41, 5.74) is 1.61. The van der Waals surface area contributed by atoms with Crippen LogP contribution in [0.1, 0.15) is 31.5 Å². The van der Waals surface area contributed by atoms with Gasteiger partial charge in [-0.15, -0.1) is 0 Å². The monoisotopic (exact) mass is 456 g/mol. The molecule has 2 aromatic rings. The van der Waals surface area contributed by atoms with E-state index in [4.69, 9.17) is 0 Å². The van der Waals surface area contributed by atoms with Crippen LogP contribution in [0.4, 0.5) is 0 Å². The maximum absolute atomic E-state index is 13.2. The predicted octanol–water partition coefficient (Wildman–Crippen LogP) is 2.19. The fourth-order valence-corrected chi connectivity index (χ4v) is 5.79. The van der Waals surface area contributed by atoms with Crippen LogP contribution in [-0.4, -0.2) is 43.2 Å². The number of ketones is 2. The van der Waals surface area contributed by atoms with Crippen LogP contribution in [0, 0.1) is 17.8 Å². The standard InChI is InChI=1S/C24H28N2O5S/c1-16(2)20(15-32(30,31)19-8-4-3-5-9-19)22(27)14-18-13-17-7-6-11-25-21(17)10-12-26-24(29)23(18)28/h3-9,11,16,18,20H,10,12-15H2,1-2H3,(H,26,29). The molecule has 2 atom stereocenters. The average Bonchev–Trinajstić information content (AvgIpc) is 2.82. The smallest absolute Gasteiger partial charge is 0.287 e. The summed E-state index contributed by atoms with van der Waals surface area (Å²) in [6.07, 6.45) is 2.19. The first-order valence-corrected chi connectivity index (χ1v) is 12.4. The number of hydrogen-bond acceptors (Lipinski definition) is 6. The van der Waals surface area contributed by atoms with Crippen molar-refractivity contribution in [2.75, 3.05) is 12.3 Å². The molecule has 7 nitrogen and oxygen atoms in total. The van der Waals surface area contributed by atoms with Crippen molar-refractivity contribution in [3.05, 3.63) is 59.9 Å². The Morgan fingerprint density at radius 2 is 1.84 bits per heavy atom. The molecule has 3 rings (SSSR count). The van der Waals surface area contributed by atoms with Crippen LogP contribution in [0.3, 0.4) is 0 Å². The molecule has 0 radical (unpaired) electrons. The predicted molar refractivity (Wildman–Crippen MR) is 120 cm³/mol. The number of Topliss-reactive ketones (excluding diaryl/α,β-unsaturated/α-hetero) is 2. The van der Waals surface area contributed by atoms with Gasteiger partial charge in [-0.05, 0) is 36.1 Å². The van der Waals surface area contributed by atoms with Crippen molar-refractivity contribution in [1.82, 2.24) is 10.3 Å². The molecule has 2 unspecified atom stereocenters. The number of fused-ring (bicyclic) bond motifs is 1. The third-order valence-corrected chi connectivity index (χ3v) is 7.65. The molecule has 1 aromatic heterocycles. The third-order valence-electron chi connectivity index (χ3n) is 5.86. The zero-order valence-corrected chi connectivity index (χ0v) is 19.1. The minimum atomic E-state index is -3.68. The van der Waals surface area contributed by atoms with E-state index in [0.717, 1.165) is 11.3 Å². The van der Waals surface area contributed by atoms with E-state index < -0.39 is 33.4 Å². The van der Waals surface area contributed by atoms with E-state index >= 15 is 0 Å². The number of carbonyl (C=O) groups excluding carboxylic acids is 3. The molecule has 0 spiro atoms. The van der Waals surface area contributed by atoms with Crippen molar-refractivity contribution >= 4 is 27.3 Å². The Bertz CT molecular complexity index is 1100. The van der Waals surface area contributed by atoms with E-state index in [2.05, 4.69) is 10.3 Å². The van der Waals surface area contributed by atoms with Gasteiger partial charge in [-0.25, -0.2) is 8.42 Å². The summed E-state index contributed by atoms with van der Waals surface area (Å²) in [5, 5.41) is 2.59. The molecule has 0 bridgehead atoms. The molecule has 0 saturated carbocycles. The topological polar surface area (TPSA) is 110 Å². The highest BCUT2D eigenvalue weighted by Crippen LogP contribution is 2.25. The van der Waals surface area contributed by atoms with Gasteiger partial charge in [-0.1, -0.05) is 38.1 Å². The third kappa shape index (κ3) is 5.68. The normalized spacial score (nSPS) is 18.2. The van der Waals surface area contributed by atoms with Gasteiger partial charge in [0.05, 0.1) is 10.6 Å². The van der Waals surface area contributed by atoms with Crippen LogP contribution in [0.25, 0.3) is 0 Å². The lowest BCUT2D eigenvalue weighted by atomic mass is 9.83. The van der Waals surface area contributed by atoms with Crippen molar-refractivity contribution in [2.24, 2.45) is 17.8 Å². The Balaban J connectivity index is 1.84. The molecular formula is C24H28N2O5S. The Hall–Kier alpha value is -2.87. The second-order valence-electron chi connectivity index (χ2n) is 8.50. The van der Waals surface area contributed by atoms with Crippen LogP contribution >= 0.6 is 0 Å². The molecule has 0 saturated heterocycles. The number of pyridine rings is 1. The first-order valence-electron chi connectivity index (χ1n) is 10.7. The minimum absolute atomic E-state index is 0.163. The van der Waals surface area contributed by atoms with Crippen LogP contribution in [0.5, 0.6) is 0 Å². The highest BCUT2D eigenvalue weighted by Gasteiger charge is 2.35. The Kier molecular flexibility index (Phi) is 7.56. The Morgan fingerprint density at radius 3 is 2.53 bits per heavy atom. The Morgan fingerprint density at radius 1 is 1.12 bits per heavy atom. The SMILES string of the molecule is CC(C)C(CS(=O)(=O)c1ccccc1)C(=O)CC1Cc2cccnc2CCNC(=O)C1=O. The number of benzene rings is 1. The van der Waals surface area contributed by atoms with E-state index in [-0.39, 0.29) is 35.2 Å². The average molecular weight is 457 g/mol. The number of nitrogens with zero attached hydrogens (tertiary/aromatic N) is 1. The number of nitrogens with one attached hydrogen (secondary N) is 1. The van der Waals surface area contributed by atoms with Gasteiger partial charge < -0.3 is 5.32 Å².